The molecule has 7 heteroatoms. The van der Waals surface area contributed by atoms with Gasteiger partial charge in [0.05, 0.1) is 0 Å². The zero-order valence-electron chi connectivity index (χ0n) is 9.82. The fourth-order valence-electron chi connectivity index (χ4n) is 1.20. The molecule has 0 aliphatic heterocycles. The van der Waals surface area contributed by atoms with Gasteiger partial charge in [0.1, 0.15) is 5.82 Å². The van der Waals surface area contributed by atoms with Crippen molar-refractivity contribution in [3.63, 3.8) is 0 Å². The van der Waals surface area contributed by atoms with E-state index in [4.69, 9.17) is 0 Å². The number of rotatable bonds is 6. The first kappa shape index (κ1) is 13.1. The number of nitrogens with one attached hydrogen (secondary N) is 2. The zero-order chi connectivity index (χ0) is 12.2. The van der Waals surface area contributed by atoms with Crippen molar-refractivity contribution in [1.29, 1.82) is 0 Å². The van der Waals surface area contributed by atoms with Gasteiger partial charge in [0.25, 0.3) is 10.0 Å². The van der Waals surface area contributed by atoms with Crippen molar-refractivity contribution in [2.45, 2.75) is 18.4 Å². The molecule has 16 heavy (non-hydrogen) atoms. The Morgan fingerprint density at radius 2 is 2.12 bits per heavy atom. The third-order valence-corrected chi connectivity index (χ3v) is 3.59. The molecular weight excluding hydrogens is 228 g/mol. The monoisotopic (exact) mass is 246 g/mol. The minimum atomic E-state index is -3.45. The van der Waals surface area contributed by atoms with Crippen LogP contribution in [0, 0.1) is 6.92 Å². The average Bonchev–Trinajstić information content (AvgIpc) is 2.55. The van der Waals surface area contributed by atoms with Gasteiger partial charge in [0.2, 0.25) is 0 Å². The number of nitrogens with zero attached hydrogens (tertiary/aromatic N) is 2. The summed E-state index contributed by atoms with van der Waals surface area (Å²) in [6.07, 6.45) is 2.26. The third kappa shape index (κ3) is 3.29. The van der Waals surface area contributed by atoms with Crippen LogP contribution in [-0.4, -0.2) is 38.1 Å². The van der Waals surface area contributed by atoms with Crippen molar-refractivity contribution in [3.8, 4) is 0 Å². The van der Waals surface area contributed by atoms with Gasteiger partial charge in [-0.2, -0.15) is 0 Å². The van der Waals surface area contributed by atoms with Crippen molar-refractivity contribution in [2.24, 2.45) is 7.05 Å². The largest absolute Gasteiger partial charge is 0.337 e. The van der Waals surface area contributed by atoms with Crippen LogP contribution in [0.15, 0.2) is 11.2 Å². The molecule has 0 amide bonds. The Hall–Kier alpha value is -0.920. The van der Waals surface area contributed by atoms with E-state index in [2.05, 4.69) is 15.0 Å². The minimum absolute atomic E-state index is 0.0805. The van der Waals surface area contributed by atoms with Crippen LogP contribution in [0.2, 0.25) is 0 Å². The van der Waals surface area contributed by atoms with E-state index in [9.17, 15) is 8.42 Å². The Kier molecular flexibility index (Phi) is 4.45. The quantitative estimate of drug-likeness (QED) is 0.671. The second-order valence-corrected chi connectivity index (χ2v) is 5.31. The topological polar surface area (TPSA) is 76.0 Å². The van der Waals surface area contributed by atoms with E-state index in [1.165, 1.54) is 6.20 Å². The molecule has 0 aliphatic carbocycles. The van der Waals surface area contributed by atoms with Crippen LogP contribution in [0.4, 0.5) is 0 Å². The molecule has 0 spiro atoms. The maximum Gasteiger partial charge on any atom is 0.259 e. The van der Waals surface area contributed by atoms with Crippen LogP contribution < -0.4 is 10.0 Å². The summed E-state index contributed by atoms with van der Waals surface area (Å²) in [6.45, 7) is 2.96. The molecule has 0 unspecified atom stereocenters. The molecule has 1 rings (SSSR count). The van der Waals surface area contributed by atoms with Gasteiger partial charge in [-0.3, -0.25) is 0 Å². The van der Waals surface area contributed by atoms with Crippen LogP contribution in [-0.2, 0) is 17.1 Å². The maximum absolute atomic E-state index is 11.8. The van der Waals surface area contributed by atoms with E-state index in [0.717, 1.165) is 13.0 Å². The van der Waals surface area contributed by atoms with E-state index in [-0.39, 0.29) is 5.03 Å². The van der Waals surface area contributed by atoms with Crippen molar-refractivity contribution in [3.05, 3.63) is 12.0 Å². The van der Waals surface area contributed by atoms with Crippen LogP contribution in [0.5, 0.6) is 0 Å². The van der Waals surface area contributed by atoms with Gasteiger partial charge in [0, 0.05) is 19.8 Å². The molecule has 6 nitrogen and oxygen atoms in total. The average molecular weight is 246 g/mol. The number of hydrogen-bond donors (Lipinski definition) is 2. The lowest BCUT2D eigenvalue weighted by atomic mass is 10.4. The Bertz CT molecular complexity index is 419. The van der Waals surface area contributed by atoms with Crippen LogP contribution in [0.25, 0.3) is 0 Å². The summed E-state index contributed by atoms with van der Waals surface area (Å²) in [5, 5.41) is 3.03. The van der Waals surface area contributed by atoms with E-state index in [0.29, 0.717) is 12.4 Å². The Morgan fingerprint density at radius 1 is 1.44 bits per heavy atom. The molecule has 0 atom stereocenters. The van der Waals surface area contributed by atoms with Crippen LogP contribution in [0.3, 0.4) is 0 Å². The SMILES string of the molecule is CNCCCNS(=O)(=O)c1cn(C)c(C)n1. The molecule has 0 saturated heterocycles. The van der Waals surface area contributed by atoms with Crippen molar-refractivity contribution >= 4 is 10.0 Å². The molecule has 0 bridgehead atoms. The highest BCUT2D eigenvalue weighted by Gasteiger charge is 2.17. The van der Waals surface area contributed by atoms with Crippen LogP contribution >= 0.6 is 0 Å². The highest BCUT2D eigenvalue weighted by molar-refractivity contribution is 7.89. The van der Waals surface area contributed by atoms with Gasteiger partial charge in [-0.1, -0.05) is 0 Å². The number of sulfonamides is 1. The number of hydrogen-bond acceptors (Lipinski definition) is 4. The molecule has 1 aromatic heterocycles. The Labute approximate surface area is 96.1 Å². The first-order chi connectivity index (χ1) is 7.47. The van der Waals surface area contributed by atoms with E-state index < -0.39 is 10.0 Å². The fraction of sp³-hybridized carbons (Fsp3) is 0.667. The minimum Gasteiger partial charge on any atom is -0.337 e. The van der Waals surface area contributed by atoms with Gasteiger partial charge in [0.15, 0.2) is 5.03 Å². The second kappa shape index (κ2) is 5.42. The maximum atomic E-state index is 11.8. The molecule has 0 radical (unpaired) electrons. The molecular formula is C9H18N4O2S. The lowest BCUT2D eigenvalue weighted by Crippen LogP contribution is -2.27. The predicted molar refractivity (Wildman–Crippen MR) is 61.7 cm³/mol. The summed E-state index contributed by atoms with van der Waals surface area (Å²) in [6, 6.07) is 0. The number of aryl methyl sites for hydroxylation is 2. The highest BCUT2D eigenvalue weighted by Crippen LogP contribution is 2.06. The number of aromatic nitrogens is 2. The Balaban J connectivity index is 2.64. The Morgan fingerprint density at radius 3 is 2.62 bits per heavy atom. The summed E-state index contributed by atoms with van der Waals surface area (Å²) in [5.41, 5.74) is 0. The molecule has 0 aromatic carbocycles. The third-order valence-electron chi connectivity index (χ3n) is 2.26. The summed E-state index contributed by atoms with van der Waals surface area (Å²) in [5.74, 6) is 0.676. The molecule has 1 aromatic rings. The lowest BCUT2D eigenvalue weighted by molar-refractivity contribution is 0.574. The number of imidazole rings is 1. The van der Waals surface area contributed by atoms with Gasteiger partial charge in [-0.15, -0.1) is 0 Å². The van der Waals surface area contributed by atoms with Crippen molar-refractivity contribution in [1.82, 2.24) is 19.6 Å². The zero-order valence-corrected chi connectivity index (χ0v) is 10.6. The van der Waals surface area contributed by atoms with Crippen LogP contribution in [0.1, 0.15) is 12.2 Å². The predicted octanol–water partition coefficient (Wildman–Crippen LogP) is -0.384. The molecule has 0 aliphatic rings. The van der Waals surface area contributed by atoms with E-state index in [1.807, 2.05) is 7.05 Å². The normalized spacial score (nSPS) is 11.9. The van der Waals surface area contributed by atoms with Gasteiger partial charge in [-0.05, 0) is 26.9 Å². The summed E-state index contributed by atoms with van der Waals surface area (Å²) < 4.78 is 27.7. The second-order valence-electron chi connectivity index (χ2n) is 3.59. The van der Waals surface area contributed by atoms with Crippen molar-refractivity contribution < 1.29 is 8.42 Å². The lowest BCUT2D eigenvalue weighted by Gasteiger charge is -2.03. The van der Waals surface area contributed by atoms with E-state index >= 15 is 0 Å². The smallest absolute Gasteiger partial charge is 0.259 e. The standard InChI is InChI=1S/C9H18N4O2S/c1-8-12-9(7-13(8)3)16(14,15)11-6-4-5-10-2/h7,10-11H,4-6H2,1-3H3. The molecule has 2 N–H and O–H groups in total. The summed E-state index contributed by atoms with van der Waals surface area (Å²) in [4.78, 5) is 3.98. The highest BCUT2D eigenvalue weighted by atomic mass is 32.2. The van der Waals surface area contributed by atoms with E-state index in [1.54, 1.807) is 18.5 Å². The van der Waals surface area contributed by atoms with Gasteiger partial charge < -0.3 is 9.88 Å². The summed E-state index contributed by atoms with van der Waals surface area (Å²) >= 11 is 0. The fourth-order valence-corrected chi connectivity index (χ4v) is 2.31. The van der Waals surface area contributed by atoms with Crippen molar-refractivity contribution in [2.75, 3.05) is 20.1 Å². The summed E-state index contributed by atoms with van der Waals surface area (Å²) in [7, 11) is 0.144. The molecule has 1 heterocycles. The molecule has 92 valence electrons. The first-order valence-corrected chi connectivity index (χ1v) is 6.60. The molecule has 0 fully saturated rings. The molecule has 0 saturated carbocycles. The first-order valence-electron chi connectivity index (χ1n) is 5.11. The van der Waals surface area contributed by atoms with Gasteiger partial charge >= 0.3 is 0 Å². The van der Waals surface area contributed by atoms with Gasteiger partial charge in [-0.25, -0.2) is 18.1 Å².